The van der Waals surface area contributed by atoms with Crippen LogP contribution in [0.2, 0.25) is 0 Å². The molecule has 4 nitrogen and oxygen atoms in total. The fourth-order valence-electron chi connectivity index (χ4n) is 3.07. The Morgan fingerprint density at radius 3 is 2.81 bits per heavy atom. The highest BCUT2D eigenvalue weighted by molar-refractivity contribution is 6.17. The van der Waals surface area contributed by atoms with Gasteiger partial charge in [0.15, 0.2) is 11.6 Å². The van der Waals surface area contributed by atoms with Crippen LogP contribution in [0.1, 0.15) is 44.8 Å². The quantitative estimate of drug-likeness (QED) is 0.483. The average Bonchev–Trinajstić information content (AvgIpc) is 2.71. The second-order valence-corrected chi connectivity index (χ2v) is 5.63. The number of carbonyl (C=O) groups is 2. The van der Waals surface area contributed by atoms with Crippen LogP contribution in [-0.2, 0) is 13.5 Å². The Hall–Kier alpha value is -2.23. The van der Waals surface area contributed by atoms with Crippen molar-refractivity contribution in [3.05, 3.63) is 52.8 Å². The highest BCUT2D eigenvalue weighted by atomic mass is 16.2. The van der Waals surface area contributed by atoms with Crippen molar-refractivity contribution in [3.63, 3.8) is 0 Å². The minimum atomic E-state index is -0.573. The number of hydrogen-bond acceptors (Lipinski definition) is 3. The number of nitrogens with zero attached hydrogens (tertiary/aromatic N) is 2. The van der Waals surface area contributed by atoms with Gasteiger partial charge in [-0.05, 0) is 31.7 Å². The van der Waals surface area contributed by atoms with E-state index >= 15 is 0 Å². The summed E-state index contributed by atoms with van der Waals surface area (Å²) in [5, 5.41) is 4.20. The summed E-state index contributed by atoms with van der Waals surface area (Å²) < 4.78 is 1.62. The van der Waals surface area contributed by atoms with Gasteiger partial charge in [0, 0.05) is 18.8 Å². The van der Waals surface area contributed by atoms with E-state index in [1.54, 1.807) is 17.9 Å². The predicted octanol–water partition coefficient (Wildman–Crippen LogP) is 2.75. The lowest BCUT2D eigenvalue weighted by molar-refractivity contribution is 0.0801. The zero-order chi connectivity index (χ0) is 15.0. The van der Waals surface area contributed by atoms with Crippen molar-refractivity contribution in [1.82, 2.24) is 9.78 Å². The molecule has 4 heteroatoms. The van der Waals surface area contributed by atoms with E-state index in [9.17, 15) is 9.59 Å². The van der Waals surface area contributed by atoms with Crippen LogP contribution in [0.3, 0.4) is 0 Å². The Morgan fingerprint density at radius 2 is 2.10 bits per heavy atom. The first-order chi connectivity index (χ1) is 10.1. The Bertz CT molecular complexity index is 715. The molecule has 3 rings (SSSR count). The van der Waals surface area contributed by atoms with E-state index in [-0.39, 0.29) is 11.6 Å². The van der Waals surface area contributed by atoms with Gasteiger partial charge in [-0.15, -0.1) is 0 Å². The van der Waals surface area contributed by atoms with E-state index in [1.807, 2.05) is 31.2 Å². The molecule has 21 heavy (non-hydrogen) atoms. The van der Waals surface area contributed by atoms with Gasteiger partial charge in [-0.3, -0.25) is 14.3 Å². The Kier molecular flexibility index (Phi) is 3.45. The van der Waals surface area contributed by atoms with Crippen molar-refractivity contribution in [3.8, 4) is 0 Å². The van der Waals surface area contributed by atoms with Crippen LogP contribution < -0.4 is 0 Å². The molecule has 0 saturated heterocycles. The Balaban J connectivity index is 1.98. The molecule has 1 aliphatic rings. The molecule has 1 heterocycles. The zero-order valence-corrected chi connectivity index (χ0v) is 12.3. The third-order valence-electron chi connectivity index (χ3n) is 4.13. The Labute approximate surface area is 123 Å². The topological polar surface area (TPSA) is 52.0 Å². The van der Waals surface area contributed by atoms with Crippen LogP contribution in [0, 0.1) is 12.8 Å². The highest BCUT2D eigenvalue weighted by Gasteiger charge is 2.32. The van der Waals surface area contributed by atoms with Crippen molar-refractivity contribution in [2.24, 2.45) is 13.0 Å². The minimum Gasteiger partial charge on any atom is -0.293 e. The summed E-state index contributed by atoms with van der Waals surface area (Å²) in [6.07, 6.45) is 4.04. The largest absolute Gasteiger partial charge is 0.293 e. The molecule has 0 saturated carbocycles. The number of rotatable bonds is 2. The lowest BCUT2D eigenvalue weighted by Crippen LogP contribution is -2.24. The van der Waals surface area contributed by atoms with Crippen LogP contribution >= 0.6 is 0 Å². The number of carbonyl (C=O) groups excluding carboxylic acids is 2. The molecule has 0 aliphatic heterocycles. The van der Waals surface area contributed by atoms with Crippen LogP contribution in [0.4, 0.5) is 0 Å². The first-order valence-corrected chi connectivity index (χ1v) is 7.24. The second kappa shape index (κ2) is 5.28. The summed E-state index contributed by atoms with van der Waals surface area (Å²) in [5.41, 5.74) is 3.01. The molecule has 0 bridgehead atoms. The zero-order valence-electron chi connectivity index (χ0n) is 12.3. The molecule has 1 atom stereocenters. The third kappa shape index (κ3) is 2.42. The third-order valence-corrected chi connectivity index (χ3v) is 4.13. The molecule has 2 aromatic rings. The summed E-state index contributed by atoms with van der Waals surface area (Å²) >= 11 is 0. The van der Waals surface area contributed by atoms with E-state index in [1.165, 1.54) is 0 Å². The number of hydrogen-bond donors (Lipinski definition) is 0. The summed E-state index contributed by atoms with van der Waals surface area (Å²) in [6, 6.07) is 7.62. The first kappa shape index (κ1) is 13.7. The van der Waals surface area contributed by atoms with Gasteiger partial charge < -0.3 is 0 Å². The van der Waals surface area contributed by atoms with Gasteiger partial charge in [0.05, 0.1) is 17.2 Å². The summed E-state index contributed by atoms with van der Waals surface area (Å²) in [6.45, 7) is 1.81. The standard InChI is InChI=1S/C17H18N2O2/c1-11-15(10-19(2)18-11)17(21)14-9-5-7-12-6-3-4-8-13(12)16(14)20/h3-4,6,8,10,14H,5,7,9H2,1-2H3. The molecule has 1 aromatic heterocycles. The molecule has 0 spiro atoms. The molecule has 1 aromatic carbocycles. The molecule has 1 aliphatic carbocycles. The van der Waals surface area contributed by atoms with Crippen molar-refractivity contribution in [2.75, 3.05) is 0 Å². The smallest absolute Gasteiger partial charge is 0.177 e. The fraction of sp³-hybridized carbons (Fsp3) is 0.353. The number of aryl methyl sites for hydroxylation is 3. The van der Waals surface area contributed by atoms with E-state index in [2.05, 4.69) is 5.10 Å². The maximum atomic E-state index is 12.7. The van der Waals surface area contributed by atoms with E-state index in [0.717, 1.165) is 18.4 Å². The molecule has 108 valence electrons. The highest BCUT2D eigenvalue weighted by Crippen LogP contribution is 2.27. The Morgan fingerprint density at radius 1 is 1.33 bits per heavy atom. The minimum absolute atomic E-state index is 0.0450. The van der Waals surface area contributed by atoms with Gasteiger partial charge in [0.1, 0.15) is 0 Å². The number of fused-ring (bicyclic) bond motifs is 1. The fourth-order valence-corrected chi connectivity index (χ4v) is 3.07. The number of aromatic nitrogens is 2. The van der Waals surface area contributed by atoms with Gasteiger partial charge in [-0.2, -0.15) is 5.10 Å². The number of benzene rings is 1. The van der Waals surface area contributed by atoms with Crippen molar-refractivity contribution in [1.29, 1.82) is 0 Å². The van der Waals surface area contributed by atoms with Gasteiger partial charge in [-0.1, -0.05) is 24.3 Å². The maximum Gasteiger partial charge on any atom is 0.177 e. The van der Waals surface area contributed by atoms with Crippen LogP contribution in [0.5, 0.6) is 0 Å². The van der Waals surface area contributed by atoms with Crippen molar-refractivity contribution in [2.45, 2.75) is 26.2 Å². The molecule has 0 amide bonds. The molecule has 0 fully saturated rings. The van der Waals surface area contributed by atoms with Crippen molar-refractivity contribution >= 4 is 11.6 Å². The van der Waals surface area contributed by atoms with Gasteiger partial charge in [-0.25, -0.2) is 0 Å². The lowest BCUT2D eigenvalue weighted by atomic mass is 9.88. The van der Waals surface area contributed by atoms with Gasteiger partial charge >= 0.3 is 0 Å². The predicted molar refractivity (Wildman–Crippen MR) is 79.5 cm³/mol. The monoisotopic (exact) mass is 282 g/mol. The molecule has 1 unspecified atom stereocenters. The molecular formula is C17H18N2O2. The second-order valence-electron chi connectivity index (χ2n) is 5.63. The van der Waals surface area contributed by atoms with Crippen molar-refractivity contribution < 1.29 is 9.59 Å². The summed E-state index contributed by atoms with van der Waals surface area (Å²) in [7, 11) is 1.79. The molecule has 0 N–H and O–H groups in total. The van der Waals surface area contributed by atoms with E-state index in [4.69, 9.17) is 0 Å². The average molecular weight is 282 g/mol. The molecule has 0 radical (unpaired) electrons. The van der Waals surface area contributed by atoms with Crippen LogP contribution in [0.25, 0.3) is 0 Å². The SMILES string of the molecule is Cc1nn(C)cc1C(=O)C1CCCc2ccccc2C1=O. The first-order valence-electron chi connectivity index (χ1n) is 7.24. The van der Waals surface area contributed by atoms with Crippen LogP contribution in [-0.4, -0.2) is 21.3 Å². The normalized spacial score (nSPS) is 18.2. The van der Waals surface area contributed by atoms with Crippen LogP contribution in [0.15, 0.2) is 30.5 Å². The van der Waals surface area contributed by atoms with E-state index < -0.39 is 5.92 Å². The van der Waals surface area contributed by atoms with Gasteiger partial charge in [0.2, 0.25) is 0 Å². The van der Waals surface area contributed by atoms with Gasteiger partial charge in [0.25, 0.3) is 0 Å². The van der Waals surface area contributed by atoms with E-state index in [0.29, 0.717) is 23.2 Å². The number of ketones is 2. The summed E-state index contributed by atoms with van der Waals surface area (Å²) in [4.78, 5) is 25.5. The lowest BCUT2D eigenvalue weighted by Gasteiger charge is -2.12. The summed E-state index contributed by atoms with van der Waals surface area (Å²) in [5.74, 6) is -0.713. The number of Topliss-reactive ketones (excluding diaryl/α,β-unsaturated/α-hetero) is 2. The molecular weight excluding hydrogens is 264 g/mol. The maximum absolute atomic E-state index is 12.7.